The molecule has 0 aromatic heterocycles. The third-order valence-corrected chi connectivity index (χ3v) is 8.44. The zero-order valence-electron chi connectivity index (χ0n) is 15.2. The molecule has 1 saturated heterocycles. The number of anilines is 1. The van der Waals surface area contributed by atoms with Gasteiger partial charge in [0.1, 0.15) is 0 Å². The first-order valence-electron chi connectivity index (χ1n) is 9.61. The molecule has 2 bridgehead atoms. The average Bonchev–Trinajstić information content (AvgIpc) is 3.32. The summed E-state index contributed by atoms with van der Waals surface area (Å²) >= 11 is 0. The molecular weight excluding hydrogens is 376 g/mol. The Morgan fingerprint density at radius 1 is 1.00 bits per heavy atom. The second kappa shape index (κ2) is 6.40. The van der Waals surface area contributed by atoms with Gasteiger partial charge in [0.2, 0.25) is 10.0 Å². The summed E-state index contributed by atoms with van der Waals surface area (Å²) in [5.74, 6) is 0.600. The lowest BCUT2D eigenvalue weighted by Gasteiger charge is -2.28. The van der Waals surface area contributed by atoms with Crippen LogP contribution in [0.3, 0.4) is 0 Å². The highest BCUT2D eigenvalue weighted by Crippen LogP contribution is 2.56. The predicted octanol–water partition coefficient (Wildman–Crippen LogP) is 2.33. The Balaban J connectivity index is 1.36. The van der Waals surface area contributed by atoms with Crippen molar-refractivity contribution in [3.05, 3.63) is 60.2 Å². The molecule has 3 aliphatic rings. The van der Waals surface area contributed by atoms with Gasteiger partial charge in [0.15, 0.2) is 0 Å². The van der Waals surface area contributed by atoms with Crippen LogP contribution in [0.5, 0.6) is 0 Å². The largest absolute Gasteiger partial charge is 0.391 e. The molecular formula is C21H22N2O4S. The number of hydrogen-bond donors (Lipinski definition) is 2. The van der Waals surface area contributed by atoms with E-state index in [1.54, 1.807) is 12.1 Å². The minimum Gasteiger partial charge on any atom is -0.391 e. The lowest BCUT2D eigenvalue weighted by atomic mass is 9.88. The number of carbonyl (C=O) groups is 1. The Kier molecular flexibility index (Phi) is 4.08. The number of carbonyl (C=O) groups excluding carboxylic acids is 1. The summed E-state index contributed by atoms with van der Waals surface area (Å²) in [5, 5.41) is 13.3. The highest BCUT2D eigenvalue weighted by Gasteiger charge is 2.61. The van der Waals surface area contributed by atoms with E-state index in [9.17, 15) is 18.3 Å². The quantitative estimate of drug-likeness (QED) is 0.828. The molecule has 0 spiro atoms. The van der Waals surface area contributed by atoms with Gasteiger partial charge in [-0.25, -0.2) is 8.42 Å². The smallest absolute Gasteiger partial charge is 0.255 e. The van der Waals surface area contributed by atoms with E-state index in [-0.39, 0.29) is 28.7 Å². The second-order valence-corrected chi connectivity index (χ2v) is 9.95. The molecule has 1 aliphatic heterocycles. The maximum Gasteiger partial charge on any atom is 0.255 e. The first-order chi connectivity index (χ1) is 13.4. The van der Waals surface area contributed by atoms with Crippen LogP contribution in [0.4, 0.5) is 5.69 Å². The fraction of sp³-hybridized carbons (Fsp3) is 0.381. The van der Waals surface area contributed by atoms with E-state index in [0.29, 0.717) is 23.7 Å². The first kappa shape index (κ1) is 17.8. The highest BCUT2D eigenvalue weighted by molar-refractivity contribution is 7.89. The third-order valence-electron chi connectivity index (χ3n) is 6.56. The Labute approximate surface area is 164 Å². The van der Waals surface area contributed by atoms with E-state index in [0.717, 1.165) is 12.8 Å². The summed E-state index contributed by atoms with van der Waals surface area (Å²) in [6.45, 7) is 0.488. The van der Waals surface area contributed by atoms with E-state index >= 15 is 0 Å². The van der Waals surface area contributed by atoms with E-state index in [2.05, 4.69) is 5.32 Å². The number of nitrogens with zero attached hydrogens (tertiary/aromatic N) is 1. The van der Waals surface area contributed by atoms with Crippen molar-refractivity contribution in [1.82, 2.24) is 4.31 Å². The van der Waals surface area contributed by atoms with Crippen LogP contribution in [0.15, 0.2) is 59.5 Å². The lowest BCUT2D eigenvalue weighted by Crippen LogP contribution is -2.43. The predicted molar refractivity (Wildman–Crippen MR) is 104 cm³/mol. The van der Waals surface area contributed by atoms with Gasteiger partial charge >= 0.3 is 0 Å². The van der Waals surface area contributed by atoms with Gasteiger partial charge in [0.05, 0.1) is 17.0 Å². The van der Waals surface area contributed by atoms with Crippen molar-refractivity contribution in [3.8, 4) is 0 Å². The molecule has 28 heavy (non-hydrogen) atoms. The van der Waals surface area contributed by atoms with Crippen LogP contribution in [0.2, 0.25) is 0 Å². The monoisotopic (exact) mass is 398 g/mol. The van der Waals surface area contributed by atoms with Crippen molar-refractivity contribution >= 4 is 21.6 Å². The fourth-order valence-corrected chi connectivity index (χ4v) is 7.01. The van der Waals surface area contributed by atoms with Gasteiger partial charge < -0.3 is 10.4 Å². The number of rotatable bonds is 4. The number of hydrogen-bond acceptors (Lipinski definition) is 4. The van der Waals surface area contributed by atoms with Crippen molar-refractivity contribution in [2.75, 3.05) is 11.9 Å². The molecule has 2 aliphatic carbocycles. The number of aliphatic hydroxyl groups excluding tert-OH is 1. The van der Waals surface area contributed by atoms with Crippen LogP contribution >= 0.6 is 0 Å². The SMILES string of the molecule is O=C(Nc1ccccc1)c1ccc(S(=O)(=O)N2C[C@@H]3C[C@H]4C[C@H]3[C@H]2[C@@H]4O)cc1. The van der Waals surface area contributed by atoms with E-state index in [1.807, 2.05) is 18.2 Å². The number of aliphatic hydroxyl groups is 1. The van der Waals surface area contributed by atoms with Gasteiger partial charge in [-0.3, -0.25) is 4.79 Å². The van der Waals surface area contributed by atoms with E-state index in [1.165, 1.54) is 28.6 Å². The molecule has 2 aromatic rings. The van der Waals surface area contributed by atoms with E-state index < -0.39 is 16.1 Å². The van der Waals surface area contributed by atoms with Crippen LogP contribution in [0.25, 0.3) is 0 Å². The van der Waals surface area contributed by atoms with Gasteiger partial charge in [-0.15, -0.1) is 0 Å². The highest BCUT2D eigenvalue weighted by atomic mass is 32.2. The molecule has 6 nitrogen and oxygen atoms in total. The summed E-state index contributed by atoms with van der Waals surface area (Å²) < 4.78 is 27.8. The molecule has 3 fully saturated rings. The second-order valence-electron chi connectivity index (χ2n) is 8.06. The third kappa shape index (κ3) is 2.69. The molecule has 0 unspecified atom stereocenters. The Bertz CT molecular complexity index is 1000. The van der Waals surface area contributed by atoms with Gasteiger partial charge in [-0.2, -0.15) is 4.31 Å². The summed E-state index contributed by atoms with van der Waals surface area (Å²) in [5.41, 5.74) is 1.08. The fourth-order valence-electron chi connectivity index (χ4n) is 5.27. The van der Waals surface area contributed by atoms with Crippen LogP contribution in [0.1, 0.15) is 23.2 Å². The standard InChI is InChI=1S/C21H22N2O4S/c24-20-14-10-15-12-23(19(20)18(15)11-14)28(26,27)17-8-6-13(7-9-17)21(25)22-16-4-2-1-3-5-16/h1-9,14-15,18-20,24H,10-12H2,(H,22,25)/t14-,15-,18+,19-,20+/m0/s1. The van der Waals surface area contributed by atoms with Gasteiger partial charge in [0.25, 0.3) is 5.91 Å². The maximum atomic E-state index is 13.2. The molecule has 2 saturated carbocycles. The van der Waals surface area contributed by atoms with Crippen molar-refractivity contribution < 1.29 is 18.3 Å². The molecule has 1 amide bonds. The van der Waals surface area contributed by atoms with Crippen LogP contribution in [-0.4, -0.2) is 42.4 Å². The molecule has 146 valence electrons. The molecule has 5 atom stereocenters. The summed E-state index contributed by atoms with van der Waals surface area (Å²) in [4.78, 5) is 12.5. The number of nitrogens with one attached hydrogen (secondary N) is 1. The maximum absolute atomic E-state index is 13.2. The van der Waals surface area contributed by atoms with Gasteiger partial charge in [0, 0.05) is 17.8 Å². The number of benzene rings is 2. The molecule has 7 heteroatoms. The molecule has 5 rings (SSSR count). The van der Waals surface area contributed by atoms with Crippen molar-refractivity contribution in [3.63, 3.8) is 0 Å². The molecule has 0 radical (unpaired) electrons. The average molecular weight is 398 g/mol. The zero-order chi connectivity index (χ0) is 19.5. The zero-order valence-corrected chi connectivity index (χ0v) is 16.0. The topological polar surface area (TPSA) is 86.7 Å². The molecule has 2 N–H and O–H groups in total. The summed E-state index contributed by atoms with van der Waals surface area (Å²) in [6.07, 6.45) is 1.29. The summed E-state index contributed by atoms with van der Waals surface area (Å²) in [6, 6.07) is 14.8. The lowest BCUT2D eigenvalue weighted by molar-refractivity contribution is 0.0731. The van der Waals surface area contributed by atoms with Crippen LogP contribution in [0, 0.1) is 17.8 Å². The number of para-hydroxylation sites is 1. The van der Waals surface area contributed by atoms with Gasteiger partial charge in [-0.05, 0) is 67.0 Å². The number of amides is 1. The van der Waals surface area contributed by atoms with Crippen LogP contribution < -0.4 is 5.32 Å². The normalized spacial score (nSPS) is 31.2. The number of fused-ring (bicyclic) bond motifs is 1. The van der Waals surface area contributed by atoms with Crippen molar-refractivity contribution in [2.45, 2.75) is 29.9 Å². The Morgan fingerprint density at radius 3 is 2.39 bits per heavy atom. The molecule has 2 aromatic carbocycles. The summed E-state index contributed by atoms with van der Waals surface area (Å²) in [7, 11) is -3.69. The first-order valence-corrected chi connectivity index (χ1v) is 11.1. The minimum absolute atomic E-state index is 0.167. The van der Waals surface area contributed by atoms with Gasteiger partial charge in [-0.1, -0.05) is 18.2 Å². The minimum atomic E-state index is -3.69. The van der Waals surface area contributed by atoms with Crippen molar-refractivity contribution in [2.24, 2.45) is 17.8 Å². The van der Waals surface area contributed by atoms with E-state index in [4.69, 9.17) is 0 Å². The molecule has 1 heterocycles. The Hall–Kier alpha value is -2.22. The number of sulfonamides is 1. The van der Waals surface area contributed by atoms with Crippen LogP contribution in [-0.2, 0) is 10.0 Å². The Morgan fingerprint density at radius 2 is 1.71 bits per heavy atom. The van der Waals surface area contributed by atoms with Crippen molar-refractivity contribution in [1.29, 1.82) is 0 Å².